The molecule has 1 aliphatic rings. The molecule has 46 valence electrons. The fourth-order valence-electron chi connectivity index (χ4n) is 0.790. The van der Waals surface area contributed by atoms with Crippen molar-refractivity contribution in [3.63, 3.8) is 0 Å². The molecular formula is C6H10NNaO. The van der Waals surface area contributed by atoms with Crippen LogP contribution in [0.3, 0.4) is 0 Å². The van der Waals surface area contributed by atoms with Gasteiger partial charge in [0.15, 0.2) is 5.91 Å². The predicted molar refractivity (Wildman–Crippen MR) is 30.9 cm³/mol. The Morgan fingerprint density at radius 3 is 3.00 bits per heavy atom. The van der Waals surface area contributed by atoms with Crippen molar-refractivity contribution in [3.8, 4) is 0 Å². The molecule has 3 heteroatoms. The summed E-state index contributed by atoms with van der Waals surface area (Å²) in [6.45, 7) is 1.84. The second kappa shape index (κ2) is 5.27. The van der Waals surface area contributed by atoms with Crippen LogP contribution in [-0.2, 0) is 4.79 Å². The molecule has 0 saturated carbocycles. The number of amides is 1. The van der Waals surface area contributed by atoms with Crippen LogP contribution in [-0.4, -0.2) is 5.91 Å². The molecule has 0 aliphatic carbocycles. The van der Waals surface area contributed by atoms with Gasteiger partial charge in [0.05, 0.1) is 0 Å². The van der Waals surface area contributed by atoms with Crippen molar-refractivity contribution < 1.29 is 34.4 Å². The van der Waals surface area contributed by atoms with E-state index in [0.29, 0.717) is 6.42 Å². The van der Waals surface area contributed by atoms with Crippen LogP contribution in [0.4, 0.5) is 0 Å². The van der Waals surface area contributed by atoms with Crippen LogP contribution in [0.15, 0.2) is 0 Å². The number of rotatable bonds is 0. The van der Waals surface area contributed by atoms with Crippen LogP contribution in [0.2, 0.25) is 0 Å². The monoisotopic (exact) mass is 135 g/mol. The molecule has 0 spiro atoms. The summed E-state index contributed by atoms with van der Waals surface area (Å²) in [6, 6.07) is 0. The van der Waals surface area contributed by atoms with E-state index < -0.39 is 0 Å². The second-order valence-electron chi connectivity index (χ2n) is 2.02. The molecule has 0 bridgehead atoms. The van der Waals surface area contributed by atoms with Gasteiger partial charge in [0, 0.05) is 6.42 Å². The Labute approximate surface area is 77.7 Å². The summed E-state index contributed by atoms with van der Waals surface area (Å²) >= 11 is 0. The van der Waals surface area contributed by atoms with E-state index in [9.17, 15) is 4.79 Å². The first-order valence-electron chi connectivity index (χ1n) is 3.00. The molecule has 1 fully saturated rings. The normalized spacial score (nSPS) is 19.3. The Bertz CT molecular complexity index is 85.1. The Morgan fingerprint density at radius 2 is 2.22 bits per heavy atom. The van der Waals surface area contributed by atoms with Crippen LogP contribution >= 0.6 is 0 Å². The van der Waals surface area contributed by atoms with Gasteiger partial charge < -0.3 is 5.32 Å². The molecule has 0 aromatic heterocycles. The third-order valence-corrected chi connectivity index (χ3v) is 1.27. The first-order valence-corrected chi connectivity index (χ1v) is 3.00. The number of hydrogen-bond acceptors (Lipinski definition) is 1. The maximum atomic E-state index is 10.5. The van der Waals surface area contributed by atoms with E-state index in [2.05, 4.69) is 5.32 Å². The fraction of sp³-hybridized carbons (Fsp3) is 0.667. The van der Waals surface area contributed by atoms with Crippen molar-refractivity contribution in [3.05, 3.63) is 6.54 Å². The standard InChI is InChI=1S/C6H10NO.Na/c8-6-4-2-1-3-5-7-6;/h5H,1-4H2,(H,7,8);/q-1;+1. The van der Waals surface area contributed by atoms with Crippen LogP contribution in [0, 0.1) is 6.54 Å². The number of hydrogen-bond donors (Lipinski definition) is 1. The van der Waals surface area contributed by atoms with Gasteiger partial charge in [-0.15, -0.1) is 0 Å². The first kappa shape index (κ1) is 9.47. The van der Waals surface area contributed by atoms with E-state index in [4.69, 9.17) is 0 Å². The largest absolute Gasteiger partial charge is 1.00 e. The predicted octanol–water partition coefficient (Wildman–Crippen LogP) is -2.16. The minimum atomic E-state index is 0. The van der Waals surface area contributed by atoms with Crippen molar-refractivity contribution in [2.24, 2.45) is 0 Å². The van der Waals surface area contributed by atoms with Gasteiger partial charge in [-0.05, 0) is 6.42 Å². The van der Waals surface area contributed by atoms with Gasteiger partial charge >= 0.3 is 29.6 Å². The van der Waals surface area contributed by atoms with Crippen molar-refractivity contribution in [2.45, 2.75) is 25.7 Å². The van der Waals surface area contributed by atoms with Crippen LogP contribution < -0.4 is 34.9 Å². The summed E-state index contributed by atoms with van der Waals surface area (Å²) in [7, 11) is 0. The third kappa shape index (κ3) is 3.95. The molecule has 1 rings (SSSR count). The third-order valence-electron chi connectivity index (χ3n) is 1.27. The molecule has 2 nitrogen and oxygen atoms in total. The smallest absolute Gasteiger partial charge is 0.506 e. The number of carbonyl (C=O) groups is 1. The van der Waals surface area contributed by atoms with Crippen molar-refractivity contribution >= 4 is 5.91 Å². The maximum absolute atomic E-state index is 10.5. The summed E-state index contributed by atoms with van der Waals surface area (Å²) in [5.41, 5.74) is 0. The van der Waals surface area contributed by atoms with Gasteiger partial charge in [-0.25, -0.2) is 6.54 Å². The van der Waals surface area contributed by atoms with E-state index >= 15 is 0 Å². The molecule has 1 aliphatic heterocycles. The Hall–Kier alpha value is 0.470. The van der Waals surface area contributed by atoms with Gasteiger partial charge in [-0.3, -0.25) is 4.79 Å². The first-order chi connectivity index (χ1) is 3.89. The van der Waals surface area contributed by atoms with Crippen LogP contribution in [0.1, 0.15) is 25.7 Å². The summed E-state index contributed by atoms with van der Waals surface area (Å²) in [5.74, 6) is 0.169. The van der Waals surface area contributed by atoms with E-state index in [1.165, 1.54) is 0 Å². The summed E-state index contributed by atoms with van der Waals surface area (Å²) in [5, 5.41) is 2.68. The average molecular weight is 135 g/mol. The molecule has 0 aromatic carbocycles. The average Bonchev–Trinajstić information content (AvgIpc) is 1.94. The van der Waals surface area contributed by atoms with Crippen molar-refractivity contribution in [2.75, 3.05) is 0 Å². The molecule has 9 heavy (non-hydrogen) atoms. The fourth-order valence-corrected chi connectivity index (χ4v) is 0.790. The summed E-state index contributed by atoms with van der Waals surface area (Å²) in [6.07, 6.45) is 3.93. The molecule has 1 amide bonds. The van der Waals surface area contributed by atoms with Gasteiger partial charge in [0.25, 0.3) is 0 Å². The van der Waals surface area contributed by atoms with E-state index in [1.54, 1.807) is 0 Å². The quantitative estimate of drug-likeness (QED) is 0.297. The topological polar surface area (TPSA) is 29.1 Å². The SMILES string of the molecule is O=C1CCCC[CH-]N1.[Na+]. The Balaban J connectivity index is 0.000000640. The zero-order valence-electron chi connectivity index (χ0n) is 5.81. The van der Waals surface area contributed by atoms with Crippen LogP contribution in [0.25, 0.3) is 0 Å². The van der Waals surface area contributed by atoms with Gasteiger partial charge in [-0.2, -0.15) is 6.42 Å². The molecule has 1 N–H and O–H groups in total. The Kier molecular flexibility index (Phi) is 5.55. The molecule has 0 atom stereocenters. The second-order valence-corrected chi connectivity index (χ2v) is 2.02. The van der Waals surface area contributed by atoms with Gasteiger partial charge in [0.1, 0.15) is 0 Å². The van der Waals surface area contributed by atoms with E-state index in [-0.39, 0.29) is 35.5 Å². The maximum Gasteiger partial charge on any atom is 1.00 e. The van der Waals surface area contributed by atoms with Gasteiger partial charge in [0.2, 0.25) is 0 Å². The van der Waals surface area contributed by atoms with Crippen molar-refractivity contribution in [1.82, 2.24) is 5.32 Å². The van der Waals surface area contributed by atoms with E-state index in [0.717, 1.165) is 19.3 Å². The molecular weight excluding hydrogens is 125 g/mol. The van der Waals surface area contributed by atoms with Crippen molar-refractivity contribution in [1.29, 1.82) is 0 Å². The molecule has 0 radical (unpaired) electrons. The minimum Gasteiger partial charge on any atom is -0.506 e. The molecule has 1 saturated heterocycles. The van der Waals surface area contributed by atoms with Crippen LogP contribution in [0.5, 0.6) is 0 Å². The minimum absolute atomic E-state index is 0. The number of nitrogens with one attached hydrogen (secondary N) is 1. The number of carbonyl (C=O) groups excluding carboxylic acids is 1. The van der Waals surface area contributed by atoms with E-state index in [1.807, 2.05) is 6.54 Å². The zero-order valence-corrected chi connectivity index (χ0v) is 7.81. The molecule has 0 unspecified atom stereocenters. The molecule has 1 heterocycles. The molecule has 0 aromatic rings. The zero-order chi connectivity index (χ0) is 5.82. The summed E-state index contributed by atoms with van der Waals surface area (Å²) in [4.78, 5) is 10.5. The Morgan fingerprint density at radius 1 is 1.44 bits per heavy atom. The van der Waals surface area contributed by atoms with Gasteiger partial charge in [-0.1, -0.05) is 6.42 Å². The summed E-state index contributed by atoms with van der Waals surface area (Å²) < 4.78 is 0.